The van der Waals surface area contributed by atoms with Gasteiger partial charge in [0.25, 0.3) is 0 Å². The Labute approximate surface area is 110 Å². The van der Waals surface area contributed by atoms with Crippen LogP contribution in [0.4, 0.5) is 5.69 Å². The first-order valence-electron chi connectivity index (χ1n) is 5.42. The zero-order valence-electron chi connectivity index (χ0n) is 9.42. The zero-order chi connectivity index (χ0) is 12.4. The lowest BCUT2D eigenvalue weighted by atomic mass is 10.2. The van der Waals surface area contributed by atoms with E-state index in [9.17, 15) is 4.79 Å². The van der Waals surface area contributed by atoms with Gasteiger partial charge in [0.2, 0.25) is 0 Å². The van der Waals surface area contributed by atoms with E-state index in [2.05, 4.69) is 6.92 Å². The predicted molar refractivity (Wildman–Crippen MR) is 74.0 cm³/mol. The maximum atomic E-state index is 10.9. The van der Waals surface area contributed by atoms with E-state index in [1.54, 1.807) is 16.7 Å². The molecule has 1 aliphatic rings. The van der Waals surface area contributed by atoms with Gasteiger partial charge in [-0.25, -0.2) is 0 Å². The smallest absolute Gasteiger partial charge is 0.323 e. The average Bonchev–Trinajstić information content (AvgIpc) is 2.32. The Hall–Kier alpha value is -1.07. The highest BCUT2D eigenvalue weighted by atomic mass is 32.2. The maximum absolute atomic E-state index is 10.9. The molecule has 1 N–H and O–H groups in total. The molecule has 0 saturated heterocycles. The molecule has 1 unspecified atom stereocenters. The first-order valence-corrected chi connectivity index (χ1v) is 6.71. The number of para-hydroxylation sites is 1. The number of nitrogens with zero attached hydrogens (tertiary/aromatic N) is 1. The van der Waals surface area contributed by atoms with Crippen molar-refractivity contribution in [2.75, 3.05) is 11.4 Å². The van der Waals surface area contributed by atoms with E-state index in [0.29, 0.717) is 0 Å². The minimum atomic E-state index is -0.857. The molecule has 0 radical (unpaired) electrons. The number of anilines is 1. The van der Waals surface area contributed by atoms with Crippen LogP contribution < -0.4 is 4.90 Å². The summed E-state index contributed by atoms with van der Waals surface area (Å²) in [5, 5.41) is 9.15. The Kier molecular flexibility index (Phi) is 3.69. The molecule has 1 aliphatic heterocycles. The Morgan fingerprint density at radius 1 is 1.53 bits per heavy atom. The third-order valence-corrected chi connectivity index (χ3v) is 4.73. The van der Waals surface area contributed by atoms with Crippen molar-refractivity contribution in [2.24, 2.45) is 0 Å². The number of carboxylic acids is 1. The van der Waals surface area contributed by atoms with Crippen molar-refractivity contribution < 1.29 is 9.90 Å². The summed E-state index contributed by atoms with van der Waals surface area (Å²) in [6.07, 6.45) is 0.911. The molecule has 1 aromatic rings. The minimum absolute atomic E-state index is 0.0626. The van der Waals surface area contributed by atoms with Crippen LogP contribution in [-0.4, -0.2) is 27.9 Å². The van der Waals surface area contributed by atoms with Crippen LogP contribution in [0.2, 0.25) is 0 Å². The van der Waals surface area contributed by atoms with E-state index in [-0.39, 0.29) is 11.8 Å². The van der Waals surface area contributed by atoms with Crippen molar-refractivity contribution in [3.63, 3.8) is 0 Å². The molecule has 1 atom stereocenters. The van der Waals surface area contributed by atoms with Crippen LogP contribution in [0.25, 0.3) is 0 Å². The molecular formula is C12H13NO2S2. The SMILES string of the molecule is CCC1Sc2ccccc2N(CC(=O)O)C1=S. The standard InChI is InChI=1S/C12H13NO2S2/c1-2-9-12(16)13(7-11(14)15)8-5-3-4-6-10(8)17-9/h3-6,9H,2,7H2,1H3,(H,14,15). The molecule has 0 saturated carbocycles. The second-order valence-corrected chi connectivity index (χ2v) is 5.46. The van der Waals surface area contributed by atoms with Crippen molar-refractivity contribution in [1.82, 2.24) is 0 Å². The largest absolute Gasteiger partial charge is 0.480 e. The summed E-state index contributed by atoms with van der Waals surface area (Å²) < 4.78 is 0. The number of benzene rings is 1. The van der Waals surface area contributed by atoms with Gasteiger partial charge in [-0.2, -0.15) is 0 Å². The topological polar surface area (TPSA) is 40.5 Å². The van der Waals surface area contributed by atoms with Gasteiger partial charge in [-0.05, 0) is 18.6 Å². The van der Waals surface area contributed by atoms with Gasteiger partial charge in [-0.3, -0.25) is 4.79 Å². The van der Waals surface area contributed by atoms with Crippen LogP contribution in [-0.2, 0) is 4.79 Å². The van der Waals surface area contributed by atoms with Crippen LogP contribution in [0.5, 0.6) is 0 Å². The molecule has 0 fully saturated rings. The van der Waals surface area contributed by atoms with Crippen LogP contribution in [0.3, 0.4) is 0 Å². The Morgan fingerprint density at radius 3 is 2.88 bits per heavy atom. The lowest BCUT2D eigenvalue weighted by molar-refractivity contribution is -0.135. The van der Waals surface area contributed by atoms with Gasteiger partial charge in [-0.15, -0.1) is 11.8 Å². The second-order valence-electron chi connectivity index (χ2n) is 3.80. The monoisotopic (exact) mass is 267 g/mol. The summed E-state index contributed by atoms with van der Waals surface area (Å²) in [7, 11) is 0. The summed E-state index contributed by atoms with van der Waals surface area (Å²) in [5.41, 5.74) is 0.912. The van der Waals surface area contributed by atoms with Crippen LogP contribution >= 0.6 is 24.0 Å². The normalized spacial score (nSPS) is 19.0. The van der Waals surface area contributed by atoms with Crippen molar-refractivity contribution in [2.45, 2.75) is 23.5 Å². The number of hydrogen-bond acceptors (Lipinski definition) is 3. The molecule has 2 rings (SSSR count). The third-order valence-electron chi connectivity index (χ3n) is 2.63. The van der Waals surface area contributed by atoms with E-state index in [0.717, 1.165) is 22.0 Å². The number of fused-ring (bicyclic) bond motifs is 1. The van der Waals surface area contributed by atoms with E-state index in [1.807, 2.05) is 24.3 Å². The maximum Gasteiger partial charge on any atom is 0.323 e. The summed E-state index contributed by atoms with van der Waals surface area (Å²) in [6.45, 7) is 2.00. The highest BCUT2D eigenvalue weighted by Crippen LogP contribution is 2.40. The van der Waals surface area contributed by atoms with Crippen molar-refractivity contribution in [1.29, 1.82) is 0 Å². The molecule has 90 valence electrons. The Balaban J connectivity index is 2.40. The molecule has 1 aromatic carbocycles. The lowest BCUT2D eigenvalue weighted by Gasteiger charge is -2.34. The minimum Gasteiger partial charge on any atom is -0.480 e. The first-order chi connectivity index (χ1) is 8.13. The Morgan fingerprint density at radius 2 is 2.24 bits per heavy atom. The van der Waals surface area contributed by atoms with Gasteiger partial charge in [-0.1, -0.05) is 31.3 Å². The highest BCUT2D eigenvalue weighted by molar-refractivity contribution is 8.02. The number of aliphatic carboxylic acids is 1. The first kappa shape index (κ1) is 12.4. The van der Waals surface area contributed by atoms with E-state index < -0.39 is 5.97 Å². The van der Waals surface area contributed by atoms with Gasteiger partial charge in [0.1, 0.15) is 6.54 Å². The molecule has 5 heteroatoms. The fraction of sp³-hybridized carbons (Fsp3) is 0.333. The summed E-state index contributed by atoms with van der Waals surface area (Å²) in [4.78, 5) is 14.5. The van der Waals surface area contributed by atoms with E-state index in [1.165, 1.54) is 0 Å². The molecule has 0 aromatic heterocycles. The number of hydrogen-bond donors (Lipinski definition) is 1. The van der Waals surface area contributed by atoms with E-state index >= 15 is 0 Å². The average molecular weight is 267 g/mol. The number of thioether (sulfide) groups is 1. The van der Waals surface area contributed by atoms with Crippen LogP contribution in [0.15, 0.2) is 29.2 Å². The second kappa shape index (κ2) is 5.06. The quantitative estimate of drug-likeness (QED) is 0.853. The van der Waals surface area contributed by atoms with Gasteiger partial charge >= 0.3 is 5.97 Å². The molecule has 1 heterocycles. The lowest BCUT2D eigenvalue weighted by Crippen LogP contribution is -2.42. The van der Waals surface area contributed by atoms with Gasteiger partial charge in [0.05, 0.1) is 15.9 Å². The number of carbonyl (C=O) groups is 1. The van der Waals surface area contributed by atoms with Crippen molar-refractivity contribution >= 4 is 40.6 Å². The number of thiocarbonyl (C=S) groups is 1. The molecule has 17 heavy (non-hydrogen) atoms. The summed E-state index contributed by atoms with van der Waals surface area (Å²) in [5.74, 6) is -0.857. The fourth-order valence-corrected chi connectivity index (χ4v) is 3.46. The van der Waals surface area contributed by atoms with Crippen molar-refractivity contribution in [3.05, 3.63) is 24.3 Å². The number of carboxylic acid groups (broad SMARTS) is 1. The summed E-state index contributed by atoms with van der Waals surface area (Å²) in [6, 6.07) is 7.80. The summed E-state index contributed by atoms with van der Waals surface area (Å²) >= 11 is 7.10. The third kappa shape index (κ3) is 2.45. The molecule has 0 bridgehead atoms. The van der Waals surface area contributed by atoms with Crippen LogP contribution in [0.1, 0.15) is 13.3 Å². The predicted octanol–water partition coefficient (Wildman–Crippen LogP) is 2.79. The molecule has 0 amide bonds. The molecular weight excluding hydrogens is 254 g/mol. The van der Waals surface area contributed by atoms with Crippen molar-refractivity contribution in [3.8, 4) is 0 Å². The van der Waals surface area contributed by atoms with Gasteiger partial charge in [0.15, 0.2) is 0 Å². The van der Waals surface area contributed by atoms with Crippen LogP contribution in [0, 0.1) is 0 Å². The highest BCUT2D eigenvalue weighted by Gasteiger charge is 2.29. The molecule has 3 nitrogen and oxygen atoms in total. The number of rotatable bonds is 3. The van der Waals surface area contributed by atoms with Gasteiger partial charge in [0, 0.05) is 4.90 Å². The molecule has 0 aliphatic carbocycles. The fourth-order valence-electron chi connectivity index (χ4n) is 1.83. The van der Waals surface area contributed by atoms with E-state index in [4.69, 9.17) is 17.3 Å². The zero-order valence-corrected chi connectivity index (χ0v) is 11.1. The van der Waals surface area contributed by atoms with Gasteiger partial charge < -0.3 is 10.0 Å². The molecule has 0 spiro atoms. The Bertz CT molecular complexity index is 462.